The number of hydrogen-bond donors (Lipinski definition) is 2. The monoisotopic (exact) mass is 498 g/mol. The van der Waals surface area contributed by atoms with Crippen LogP contribution in [0.3, 0.4) is 0 Å². The Bertz CT molecular complexity index is 1560. The maximum absolute atomic E-state index is 12.5. The Balaban J connectivity index is 1.18. The molecule has 5 aromatic rings. The molecule has 0 saturated carbocycles. The minimum Gasteiger partial charge on any atom is -0.451 e. The number of thiocarbonyl (C=S) groups is 1. The zero-order valence-electron chi connectivity index (χ0n) is 18.6. The number of carbonyl (C=O) groups excluding carboxylic acids is 1. The van der Waals surface area contributed by atoms with Crippen LogP contribution in [0.4, 0.5) is 5.69 Å². The zero-order chi connectivity index (χ0) is 25.1. The maximum Gasteiger partial charge on any atom is 0.293 e. The van der Waals surface area contributed by atoms with Crippen molar-refractivity contribution in [2.75, 3.05) is 0 Å². The highest BCUT2D eigenvalue weighted by Crippen LogP contribution is 2.30. The summed E-state index contributed by atoms with van der Waals surface area (Å²) in [6, 6.07) is 24.3. The molecule has 178 valence electrons. The fourth-order valence-electron chi connectivity index (χ4n) is 3.60. The molecule has 0 aliphatic heterocycles. The smallest absolute Gasteiger partial charge is 0.293 e. The SMILES string of the molecule is O=C(NC(=S)NCc1ccc(-c2nc3ccccc3o2)cc1)c1ccc(-c2ccccc2[N+](=O)[O-])o1. The highest BCUT2D eigenvalue weighted by Gasteiger charge is 2.19. The molecule has 1 amide bonds. The van der Waals surface area contributed by atoms with E-state index in [4.69, 9.17) is 21.1 Å². The van der Waals surface area contributed by atoms with Crippen molar-refractivity contribution >= 4 is 40.0 Å². The summed E-state index contributed by atoms with van der Waals surface area (Å²) in [7, 11) is 0. The van der Waals surface area contributed by atoms with Gasteiger partial charge in [0, 0.05) is 18.2 Å². The molecule has 10 heteroatoms. The van der Waals surface area contributed by atoms with Gasteiger partial charge in [-0.25, -0.2) is 4.98 Å². The second-order valence-corrected chi connectivity index (χ2v) is 8.17. The minimum absolute atomic E-state index is 0.0185. The minimum atomic E-state index is -0.566. The summed E-state index contributed by atoms with van der Waals surface area (Å²) in [4.78, 5) is 27.8. The first-order valence-corrected chi connectivity index (χ1v) is 11.3. The second kappa shape index (κ2) is 9.80. The first-order chi connectivity index (χ1) is 17.5. The molecule has 36 heavy (non-hydrogen) atoms. The van der Waals surface area contributed by atoms with Crippen LogP contribution < -0.4 is 10.6 Å². The molecule has 0 atom stereocenters. The van der Waals surface area contributed by atoms with E-state index in [-0.39, 0.29) is 27.9 Å². The molecule has 2 N–H and O–H groups in total. The van der Waals surface area contributed by atoms with Crippen molar-refractivity contribution in [2.45, 2.75) is 6.54 Å². The van der Waals surface area contributed by atoms with Gasteiger partial charge in [-0.2, -0.15) is 0 Å². The van der Waals surface area contributed by atoms with E-state index in [1.807, 2.05) is 48.5 Å². The number of carbonyl (C=O) groups is 1. The van der Waals surface area contributed by atoms with Gasteiger partial charge in [-0.05, 0) is 60.2 Å². The van der Waals surface area contributed by atoms with E-state index >= 15 is 0 Å². The van der Waals surface area contributed by atoms with Crippen LogP contribution in [0.15, 0.2) is 93.8 Å². The second-order valence-electron chi connectivity index (χ2n) is 7.76. The lowest BCUT2D eigenvalue weighted by Gasteiger charge is -2.09. The number of amides is 1. The average Bonchev–Trinajstić information content (AvgIpc) is 3.55. The van der Waals surface area contributed by atoms with Crippen LogP contribution in [-0.2, 0) is 6.54 Å². The Labute approximate surface area is 209 Å². The number of fused-ring (bicyclic) bond motifs is 1. The van der Waals surface area contributed by atoms with Crippen molar-refractivity contribution in [1.29, 1.82) is 0 Å². The van der Waals surface area contributed by atoms with Crippen molar-refractivity contribution in [3.05, 3.63) is 106 Å². The number of rotatable bonds is 6. The molecule has 0 fully saturated rings. The lowest BCUT2D eigenvalue weighted by atomic mass is 10.1. The predicted octanol–water partition coefficient (Wildman–Crippen LogP) is 5.47. The van der Waals surface area contributed by atoms with Gasteiger partial charge >= 0.3 is 0 Å². The van der Waals surface area contributed by atoms with E-state index in [0.717, 1.165) is 22.2 Å². The summed E-state index contributed by atoms with van der Waals surface area (Å²) >= 11 is 5.22. The number of para-hydroxylation sites is 3. The number of hydrogen-bond acceptors (Lipinski definition) is 7. The van der Waals surface area contributed by atoms with Gasteiger partial charge in [0.2, 0.25) is 5.89 Å². The molecule has 3 aromatic carbocycles. The highest BCUT2D eigenvalue weighted by molar-refractivity contribution is 7.80. The van der Waals surface area contributed by atoms with Crippen molar-refractivity contribution in [1.82, 2.24) is 15.6 Å². The van der Waals surface area contributed by atoms with E-state index in [0.29, 0.717) is 12.4 Å². The fraction of sp³-hybridized carbons (Fsp3) is 0.0385. The summed E-state index contributed by atoms with van der Waals surface area (Å²) in [6.07, 6.45) is 0. The Kier molecular flexibility index (Phi) is 6.25. The van der Waals surface area contributed by atoms with Gasteiger partial charge in [0.15, 0.2) is 16.5 Å². The Morgan fingerprint density at radius 3 is 2.47 bits per heavy atom. The molecule has 0 saturated heterocycles. The van der Waals surface area contributed by atoms with Gasteiger partial charge in [0.1, 0.15) is 11.3 Å². The van der Waals surface area contributed by atoms with Crippen molar-refractivity contribution in [2.24, 2.45) is 0 Å². The van der Waals surface area contributed by atoms with Gasteiger partial charge in [-0.15, -0.1) is 0 Å². The molecular weight excluding hydrogens is 480 g/mol. The average molecular weight is 499 g/mol. The molecule has 0 aliphatic carbocycles. The maximum atomic E-state index is 12.5. The molecular formula is C26H18N4O5S. The molecule has 5 rings (SSSR count). The predicted molar refractivity (Wildman–Crippen MR) is 137 cm³/mol. The standard InChI is InChI=1S/C26H18N4O5S/c31-24(23-14-13-21(34-23)18-5-1-3-7-20(18)30(32)33)29-26(36)27-15-16-9-11-17(12-10-16)25-28-19-6-2-4-8-22(19)35-25/h1-14H,15H2,(H2,27,29,31,36). The number of nitrogens with one attached hydrogen (secondary N) is 2. The molecule has 2 aromatic heterocycles. The van der Waals surface area contributed by atoms with Crippen LogP contribution >= 0.6 is 12.2 Å². The summed E-state index contributed by atoms with van der Waals surface area (Å²) in [6.45, 7) is 0.382. The van der Waals surface area contributed by atoms with Crippen LogP contribution in [0.25, 0.3) is 33.9 Å². The number of furan rings is 1. The third-order valence-corrected chi connectivity index (χ3v) is 5.62. The zero-order valence-corrected chi connectivity index (χ0v) is 19.5. The first-order valence-electron chi connectivity index (χ1n) is 10.9. The molecule has 0 aliphatic rings. The molecule has 2 heterocycles. The van der Waals surface area contributed by atoms with Gasteiger partial charge in [0.25, 0.3) is 11.6 Å². The number of oxazole rings is 1. The van der Waals surface area contributed by atoms with E-state index in [2.05, 4.69) is 15.6 Å². The van der Waals surface area contributed by atoms with Gasteiger partial charge in [-0.1, -0.05) is 36.4 Å². The van der Waals surface area contributed by atoms with Gasteiger partial charge in [-0.3, -0.25) is 20.2 Å². The Hall–Kier alpha value is -4.83. The van der Waals surface area contributed by atoms with Crippen LogP contribution in [0.2, 0.25) is 0 Å². The van der Waals surface area contributed by atoms with Gasteiger partial charge in [0.05, 0.1) is 10.5 Å². The topological polar surface area (TPSA) is 123 Å². The quantitative estimate of drug-likeness (QED) is 0.180. The Morgan fingerprint density at radius 1 is 0.944 bits per heavy atom. The van der Waals surface area contributed by atoms with Crippen molar-refractivity contribution < 1.29 is 18.6 Å². The third-order valence-electron chi connectivity index (χ3n) is 5.37. The van der Waals surface area contributed by atoms with Crippen molar-refractivity contribution in [3.63, 3.8) is 0 Å². The van der Waals surface area contributed by atoms with Crippen LogP contribution in [-0.4, -0.2) is 20.9 Å². The number of aromatic nitrogens is 1. The largest absolute Gasteiger partial charge is 0.451 e. The van der Waals surface area contributed by atoms with Crippen LogP contribution in [0.1, 0.15) is 16.1 Å². The molecule has 0 bridgehead atoms. The summed E-state index contributed by atoms with van der Waals surface area (Å²) in [5.74, 6) is 0.168. The van der Waals surface area contributed by atoms with Crippen molar-refractivity contribution in [3.8, 4) is 22.8 Å². The van der Waals surface area contributed by atoms with E-state index in [1.165, 1.54) is 18.2 Å². The van der Waals surface area contributed by atoms with Crippen LogP contribution in [0.5, 0.6) is 0 Å². The normalized spacial score (nSPS) is 10.8. The van der Waals surface area contributed by atoms with Crippen LogP contribution in [0, 0.1) is 10.1 Å². The molecule has 9 nitrogen and oxygen atoms in total. The summed E-state index contributed by atoms with van der Waals surface area (Å²) in [5.41, 5.74) is 3.47. The van der Waals surface area contributed by atoms with Gasteiger partial charge < -0.3 is 14.2 Å². The highest BCUT2D eigenvalue weighted by atomic mass is 32.1. The number of benzene rings is 3. The van der Waals surface area contributed by atoms with E-state index < -0.39 is 10.8 Å². The van der Waals surface area contributed by atoms with E-state index in [9.17, 15) is 14.9 Å². The number of nitro groups is 1. The number of nitrogens with zero attached hydrogens (tertiary/aromatic N) is 2. The molecule has 0 radical (unpaired) electrons. The molecule has 0 spiro atoms. The third kappa shape index (κ3) is 4.84. The fourth-order valence-corrected chi connectivity index (χ4v) is 3.76. The number of nitro benzene ring substituents is 1. The lowest BCUT2D eigenvalue weighted by molar-refractivity contribution is -0.384. The van der Waals surface area contributed by atoms with E-state index in [1.54, 1.807) is 18.2 Å². The summed E-state index contributed by atoms with van der Waals surface area (Å²) in [5, 5.41) is 16.9. The molecule has 0 unspecified atom stereocenters. The lowest BCUT2D eigenvalue weighted by Crippen LogP contribution is -2.38. The first kappa shape index (κ1) is 22.9. The summed E-state index contributed by atoms with van der Waals surface area (Å²) < 4.78 is 11.3. The Morgan fingerprint density at radius 2 is 1.69 bits per heavy atom.